The van der Waals surface area contributed by atoms with Crippen molar-refractivity contribution >= 4 is 21.4 Å². The fourth-order valence-corrected chi connectivity index (χ4v) is 6.30. The van der Waals surface area contributed by atoms with E-state index in [4.69, 9.17) is 0 Å². The van der Waals surface area contributed by atoms with Gasteiger partial charge in [0.1, 0.15) is 4.21 Å². The highest BCUT2D eigenvalue weighted by Crippen LogP contribution is 2.35. The van der Waals surface area contributed by atoms with Gasteiger partial charge in [-0.2, -0.15) is 4.31 Å². The van der Waals surface area contributed by atoms with Crippen LogP contribution in [0.25, 0.3) is 0 Å². The molecule has 1 aromatic rings. The molecule has 0 aromatic carbocycles. The van der Waals surface area contributed by atoms with E-state index in [-0.39, 0.29) is 12.6 Å². The fraction of sp³-hybridized carbons (Fsp3) is 0.714. The molecule has 1 fully saturated rings. The van der Waals surface area contributed by atoms with Crippen molar-refractivity contribution in [2.75, 3.05) is 6.54 Å². The maximum Gasteiger partial charge on any atom is 0.252 e. The molecule has 4 nitrogen and oxygen atoms in total. The van der Waals surface area contributed by atoms with Crippen LogP contribution in [0.15, 0.2) is 10.3 Å². The van der Waals surface area contributed by atoms with Gasteiger partial charge in [0.05, 0.1) is 6.61 Å². The van der Waals surface area contributed by atoms with Gasteiger partial charge in [-0.15, -0.1) is 11.3 Å². The normalized spacial score (nSPS) is 28.8. The van der Waals surface area contributed by atoms with Crippen LogP contribution >= 0.6 is 11.3 Å². The number of aryl methyl sites for hydroxylation is 1. The summed E-state index contributed by atoms with van der Waals surface area (Å²) in [6.45, 7) is 8.52. The van der Waals surface area contributed by atoms with Crippen molar-refractivity contribution in [2.24, 2.45) is 11.8 Å². The fourth-order valence-electron chi connectivity index (χ4n) is 2.87. The second-order valence-electron chi connectivity index (χ2n) is 5.96. The van der Waals surface area contributed by atoms with E-state index >= 15 is 0 Å². The summed E-state index contributed by atoms with van der Waals surface area (Å²) in [6.07, 6.45) is 1.07. The summed E-state index contributed by atoms with van der Waals surface area (Å²) in [5.74, 6) is 0.751. The molecule has 3 unspecified atom stereocenters. The van der Waals surface area contributed by atoms with Gasteiger partial charge in [0.15, 0.2) is 0 Å². The second-order valence-corrected chi connectivity index (χ2v) is 9.22. The average molecular weight is 317 g/mol. The lowest BCUT2D eigenvalue weighted by Crippen LogP contribution is -2.48. The van der Waals surface area contributed by atoms with Crippen molar-refractivity contribution in [3.63, 3.8) is 0 Å². The van der Waals surface area contributed by atoms with E-state index in [9.17, 15) is 13.5 Å². The molecule has 114 valence electrons. The highest BCUT2D eigenvalue weighted by molar-refractivity contribution is 7.91. The Balaban J connectivity index is 2.37. The molecular formula is C14H23NO3S2. The minimum absolute atomic E-state index is 0.0242. The zero-order valence-electron chi connectivity index (χ0n) is 12.5. The van der Waals surface area contributed by atoms with E-state index in [2.05, 4.69) is 13.8 Å². The number of rotatable bonds is 3. The Bertz CT molecular complexity index is 579. The molecule has 1 aliphatic heterocycles. The summed E-state index contributed by atoms with van der Waals surface area (Å²) in [5, 5.41) is 9.25. The predicted octanol–water partition coefficient (Wildman–Crippen LogP) is 2.60. The second kappa shape index (κ2) is 5.75. The average Bonchev–Trinajstić information content (AvgIpc) is 2.75. The van der Waals surface area contributed by atoms with Crippen molar-refractivity contribution < 1.29 is 13.5 Å². The molecule has 20 heavy (non-hydrogen) atoms. The zero-order chi connectivity index (χ0) is 15.1. The van der Waals surface area contributed by atoms with Crippen molar-refractivity contribution in [3.8, 4) is 0 Å². The zero-order valence-corrected chi connectivity index (χ0v) is 14.1. The predicted molar refractivity (Wildman–Crippen MR) is 81.3 cm³/mol. The molecule has 0 spiro atoms. The van der Waals surface area contributed by atoms with Crippen molar-refractivity contribution in [2.45, 2.75) is 51.0 Å². The van der Waals surface area contributed by atoms with Gasteiger partial charge < -0.3 is 5.11 Å². The van der Waals surface area contributed by atoms with Crippen LogP contribution < -0.4 is 0 Å². The van der Waals surface area contributed by atoms with Gasteiger partial charge in [-0.05, 0) is 43.7 Å². The summed E-state index contributed by atoms with van der Waals surface area (Å²) < 4.78 is 27.6. The molecule has 6 heteroatoms. The summed E-state index contributed by atoms with van der Waals surface area (Å²) in [6, 6.07) is 1.71. The van der Waals surface area contributed by atoms with E-state index in [0.717, 1.165) is 16.9 Å². The summed E-state index contributed by atoms with van der Waals surface area (Å²) >= 11 is 1.18. The number of thiophene rings is 1. The first-order chi connectivity index (χ1) is 9.27. The first kappa shape index (κ1) is 15.9. The van der Waals surface area contributed by atoms with Crippen LogP contribution in [0.4, 0.5) is 0 Å². The van der Waals surface area contributed by atoms with Crippen molar-refractivity contribution in [1.29, 1.82) is 0 Å². The SMILES string of the molecule is Cc1cc(S(=O)(=O)N2CC(C)CC(C)C2C)sc1CO. The Morgan fingerprint density at radius 2 is 2.05 bits per heavy atom. The Hall–Kier alpha value is -0.430. The Morgan fingerprint density at radius 1 is 1.40 bits per heavy atom. The number of aliphatic hydroxyl groups excluding tert-OH is 1. The van der Waals surface area contributed by atoms with Crippen LogP contribution in [0.1, 0.15) is 37.6 Å². The van der Waals surface area contributed by atoms with Gasteiger partial charge in [-0.25, -0.2) is 8.42 Å². The maximum atomic E-state index is 12.8. The van der Waals surface area contributed by atoms with Gasteiger partial charge in [0.25, 0.3) is 10.0 Å². The van der Waals surface area contributed by atoms with E-state index in [0.29, 0.717) is 22.6 Å². The van der Waals surface area contributed by atoms with Crippen LogP contribution in [0.2, 0.25) is 0 Å². The molecule has 0 aliphatic carbocycles. The molecule has 1 N–H and O–H groups in total. The van der Waals surface area contributed by atoms with Crippen LogP contribution in [0, 0.1) is 18.8 Å². The largest absolute Gasteiger partial charge is 0.391 e. The van der Waals surface area contributed by atoms with Crippen LogP contribution in [-0.4, -0.2) is 30.4 Å². The van der Waals surface area contributed by atoms with E-state index in [1.807, 2.05) is 13.8 Å². The Kier molecular flexibility index (Phi) is 4.59. The highest BCUT2D eigenvalue weighted by atomic mass is 32.2. The Morgan fingerprint density at radius 3 is 2.60 bits per heavy atom. The number of nitrogens with zero attached hydrogens (tertiary/aromatic N) is 1. The molecular weight excluding hydrogens is 294 g/mol. The van der Waals surface area contributed by atoms with E-state index < -0.39 is 10.0 Å². The molecule has 0 bridgehead atoms. The van der Waals surface area contributed by atoms with Crippen LogP contribution in [0.3, 0.4) is 0 Å². The third-order valence-electron chi connectivity index (χ3n) is 4.25. The molecule has 1 aromatic heterocycles. The van der Waals surface area contributed by atoms with Crippen molar-refractivity contribution in [1.82, 2.24) is 4.31 Å². The van der Waals surface area contributed by atoms with Crippen molar-refractivity contribution in [3.05, 3.63) is 16.5 Å². The third-order valence-corrected chi connectivity index (χ3v) is 7.87. The van der Waals surface area contributed by atoms with Gasteiger partial charge in [-0.3, -0.25) is 0 Å². The quantitative estimate of drug-likeness (QED) is 0.932. The molecule has 2 rings (SSSR count). The van der Waals surface area contributed by atoms with E-state index in [1.54, 1.807) is 10.4 Å². The smallest absolute Gasteiger partial charge is 0.252 e. The molecule has 0 saturated carbocycles. The molecule has 2 heterocycles. The monoisotopic (exact) mass is 317 g/mol. The number of piperidine rings is 1. The number of hydrogen-bond acceptors (Lipinski definition) is 4. The summed E-state index contributed by atoms with van der Waals surface area (Å²) in [7, 11) is -3.45. The first-order valence-corrected chi connectivity index (χ1v) is 9.25. The van der Waals surface area contributed by atoms with Gasteiger partial charge in [-0.1, -0.05) is 13.8 Å². The summed E-state index contributed by atoms with van der Waals surface area (Å²) in [4.78, 5) is 0.731. The number of aliphatic hydroxyl groups is 1. The molecule has 3 atom stereocenters. The number of hydrogen-bond donors (Lipinski definition) is 1. The maximum absolute atomic E-state index is 12.8. The molecule has 1 aliphatic rings. The highest BCUT2D eigenvalue weighted by Gasteiger charge is 2.38. The van der Waals surface area contributed by atoms with Crippen LogP contribution in [-0.2, 0) is 16.6 Å². The van der Waals surface area contributed by atoms with Crippen LogP contribution in [0.5, 0.6) is 0 Å². The lowest BCUT2D eigenvalue weighted by Gasteiger charge is -2.39. The molecule has 1 saturated heterocycles. The Labute approximate surface area is 125 Å². The minimum Gasteiger partial charge on any atom is -0.391 e. The lowest BCUT2D eigenvalue weighted by atomic mass is 9.88. The lowest BCUT2D eigenvalue weighted by molar-refractivity contribution is 0.157. The third kappa shape index (κ3) is 2.79. The topological polar surface area (TPSA) is 57.6 Å². The van der Waals surface area contributed by atoms with Gasteiger partial charge in [0, 0.05) is 17.5 Å². The molecule has 0 amide bonds. The molecule has 0 radical (unpaired) electrons. The summed E-state index contributed by atoms with van der Waals surface area (Å²) in [5.41, 5.74) is 0.849. The van der Waals surface area contributed by atoms with Gasteiger partial charge in [0.2, 0.25) is 0 Å². The van der Waals surface area contributed by atoms with E-state index in [1.165, 1.54) is 11.3 Å². The minimum atomic E-state index is -3.45. The number of sulfonamides is 1. The standard InChI is InChI=1S/C14H23NO3S2/c1-9-5-10(2)12(4)15(7-9)20(17,18)14-6-11(3)13(8-16)19-14/h6,9-10,12,16H,5,7-8H2,1-4H3. The van der Waals surface area contributed by atoms with Gasteiger partial charge >= 0.3 is 0 Å². The first-order valence-electron chi connectivity index (χ1n) is 6.99.